The monoisotopic (exact) mass is 349 g/mol. The summed E-state index contributed by atoms with van der Waals surface area (Å²) in [5, 5.41) is 2.97. The highest BCUT2D eigenvalue weighted by Crippen LogP contribution is 2.24. The largest absolute Gasteiger partial charge is 0.496 e. The van der Waals surface area contributed by atoms with E-state index in [0.29, 0.717) is 22.2 Å². The first-order valence-electron chi connectivity index (χ1n) is 6.98. The molecule has 0 saturated heterocycles. The number of ether oxygens (including phenoxy) is 3. The number of esters is 1. The molecule has 0 aliphatic carbocycles. The molecule has 2 aromatic rings. The van der Waals surface area contributed by atoms with Crippen LogP contribution in [0.25, 0.3) is 0 Å². The number of rotatable bonds is 6. The number of hydrogen-bond acceptors (Lipinski definition) is 5. The molecule has 6 nitrogen and oxygen atoms in total. The van der Waals surface area contributed by atoms with Crippen LogP contribution in [0.15, 0.2) is 42.5 Å². The lowest BCUT2D eigenvalue weighted by molar-refractivity contribution is -0.119. The van der Waals surface area contributed by atoms with E-state index < -0.39 is 18.5 Å². The number of anilines is 1. The molecule has 0 aromatic heterocycles. The average Bonchev–Trinajstić information content (AvgIpc) is 2.60. The summed E-state index contributed by atoms with van der Waals surface area (Å²) in [4.78, 5) is 24.0. The summed E-state index contributed by atoms with van der Waals surface area (Å²) < 4.78 is 15.2. The number of halogens is 1. The molecule has 2 rings (SSSR count). The number of methoxy groups -OCH3 is 2. The fraction of sp³-hybridized carbons (Fsp3) is 0.176. The zero-order valence-corrected chi connectivity index (χ0v) is 13.9. The number of amides is 1. The van der Waals surface area contributed by atoms with Gasteiger partial charge in [-0.05, 0) is 30.3 Å². The smallest absolute Gasteiger partial charge is 0.342 e. The van der Waals surface area contributed by atoms with Crippen LogP contribution in [-0.4, -0.2) is 32.7 Å². The van der Waals surface area contributed by atoms with E-state index in [2.05, 4.69) is 5.32 Å². The second kappa shape index (κ2) is 8.21. The van der Waals surface area contributed by atoms with Crippen molar-refractivity contribution in [3.05, 3.63) is 53.1 Å². The Morgan fingerprint density at radius 1 is 1.04 bits per heavy atom. The van der Waals surface area contributed by atoms with Crippen LogP contribution in [0.4, 0.5) is 5.69 Å². The van der Waals surface area contributed by atoms with Gasteiger partial charge in [0.05, 0.1) is 19.9 Å². The van der Waals surface area contributed by atoms with E-state index in [1.165, 1.54) is 20.3 Å². The third-order valence-corrected chi connectivity index (χ3v) is 3.33. The van der Waals surface area contributed by atoms with E-state index >= 15 is 0 Å². The lowest BCUT2D eigenvalue weighted by Crippen LogP contribution is -2.21. The Morgan fingerprint density at radius 3 is 2.46 bits per heavy atom. The fourth-order valence-corrected chi connectivity index (χ4v) is 2.15. The molecule has 0 radical (unpaired) electrons. The summed E-state index contributed by atoms with van der Waals surface area (Å²) in [7, 11) is 2.92. The normalized spacial score (nSPS) is 9.96. The topological polar surface area (TPSA) is 73.9 Å². The molecule has 24 heavy (non-hydrogen) atoms. The van der Waals surface area contributed by atoms with Crippen molar-refractivity contribution < 1.29 is 23.8 Å². The van der Waals surface area contributed by atoms with Crippen LogP contribution in [0, 0.1) is 0 Å². The SMILES string of the molecule is COc1ccccc1NC(=O)COC(=O)c1cc(Cl)ccc1OC. The zero-order chi connectivity index (χ0) is 17.5. The number of nitrogens with one attached hydrogen (secondary N) is 1. The predicted octanol–water partition coefficient (Wildman–Crippen LogP) is 3.15. The molecule has 7 heteroatoms. The van der Waals surface area contributed by atoms with Crippen molar-refractivity contribution in [1.82, 2.24) is 0 Å². The number of benzene rings is 2. The van der Waals surface area contributed by atoms with Gasteiger partial charge in [0.15, 0.2) is 6.61 Å². The van der Waals surface area contributed by atoms with Crippen LogP contribution >= 0.6 is 11.6 Å². The minimum Gasteiger partial charge on any atom is -0.496 e. The van der Waals surface area contributed by atoms with Gasteiger partial charge < -0.3 is 19.5 Å². The summed E-state index contributed by atoms with van der Waals surface area (Å²) >= 11 is 5.86. The first kappa shape index (κ1) is 17.6. The third-order valence-electron chi connectivity index (χ3n) is 3.10. The van der Waals surface area contributed by atoms with Crippen LogP contribution in [0.1, 0.15) is 10.4 Å². The average molecular weight is 350 g/mol. The van der Waals surface area contributed by atoms with Crippen LogP contribution in [0.3, 0.4) is 0 Å². The Labute approximate surface area is 144 Å². The molecule has 0 atom stereocenters. The molecular weight excluding hydrogens is 334 g/mol. The highest BCUT2D eigenvalue weighted by Gasteiger charge is 2.16. The van der Waals surface area contributed by atoms with Gasteiger partial charge in [0.1, 0.15) is 17.1 Å². The van der Waals surface area contributed by atoms with Crippen LogP contribution in [0.2, 0.25) is 5.02 Å². The van der Waals surface area contributed by atoms with Gasteiger partial charge in [0.2, 0.25) is 0 Å². The quantitative estimate of drug-likeness (QED) is 0.811. The van der Waals surface area contributed by atoms with Crippen molar-refractivity contribution in [3.63, 3.8) is 0 Å². The van der Waals surface area contributed by atoms with E-state index in [1.54, 1.807) is 36.4 Å². The van der Waals surface area contributed by atoms with Gasteiger partial charge in [0, 0.05) is 5.02 Å². The minimum atomic E-state index is -0.704. The molecule has 1 amide bonds. The van der Waals surface area contributed by atoms with Crippen LogP contribution in [0.5, 0.6) is 11.5 Å². The molecule has 126 valence electrons. The molecule has 2 aromatic carbocycles. The van der Waals surface area contributed by atoms with E-state index in [0.717, 1.165) is 0 Å². The number of carbonyl (C=O) groups excluding carboxylic acids is 2. The molecule has 0 fully saturated rings. The first-order chi connectivity index (χ1) is 11.5. The van der Waals surface area contributed by atoms with Crippen molar-refractivity contribution in [2.24, 2.45) is 0 Å². The van der Waals surface area contributed by atoms with Gasteiger partial charge in [0.25, 0.3) is 5.91 Å². The van der Waals surface area contributed by atoms with Crippen molar-refractivity contribution in [3.8, 4) is 11.5 Å². The highest BCUT2D eigenvalue weighted by molar-refractivity contribution is 6.31. The summed E-state index contributed by atoms with van der Waals surface area (Å²) in [6.45, 7) is -0.452. The summed E-state index contributed by atoms with van der Waals surface area (Å²) in [5.74, 6) is -0.374. The van der Waals surface area contributed by atoms with Gasteiger partial charge in [-0.2, -0.15) is 0 Å². The van der Waals surface area contributed by atoms with E-state index in [4.69, 9.17) is 25.8 Å². The number of para-hydroxylation sites is 2. The fourth-order valence-electron chi connectivity index (χ4n) is 1.98. The first-order valence-corrected chi connectivity index (χ1v) is 7.36. The zero-order valence-electron chi connectivity index (χ0n) is 13.2. The molecule has 0 heterocycles. The highest BCUT2D eigenvalue weighted by atomic mass is 35.5. The standard InChI is InChI=1S/C17H16ClNO5/c1-22-14-8-7-11(18)9-12(14)17(21)24-10-16(20)19-13-5-3-4-6-15(13)23-2/h3-9H,10H2,1-2H3,(H,19,20). The molecular formula is C17H16ClNO5. The van der Waals surface area contributed by atoms with Crippen molar-refractivity contribution in [1.29, 1.82) is 0 Å². The second-order valence-electron chi connectivity index (χ2n) is 4.67. The van der Waals surface area contributed by atoms with E-state index in [9.17, 15) is 9.59 Å². The van der Waals surface area contributed by atoms with Gasteiger partial charge in [-0.15, -0.1) is 0 Å². The summed E-state index contributed by atoms with van der Waals surface area (Å²) in [6.07, 6.45) is 0. The minimum absolute atomic E-state index is 0.148. The number of hydrogen-bond donors (Lipinski definition) is 1. The predicted molar refractivity (Wildman–Crippen MR) is 89.9 cm³/mol. The van der Waals surface area contributed by atoms with Crippen molar-refractivity contribution in [2.75, 3.05) is 26.1 Å². The van der Waals surface area contributed by atoms with Crippen LogP contribution in [-0.2, 0) is 9.53 Å². The summed E-state index contributed by atoms with van der Waals surface area (Å²) in [5.41, 5.74) is 0.636. The molecule has 1 N–H and O–H groups in total. The van der Waals surface area contributed by atoms with Crippen LogP contribution < -0.4 is 14.8 Å². The van der Waals surface area contributed by atoms with Gasteiger partial charge in [-0.25, -0.2) is 4.79 Å². The Kier molecular flexibility index (Phi) is 6.03. The maximum Gasteiger partial charge on any atom is 0.342 e. The summed E-state index contributed by atoms with van der Waals surface area (Å²) in [6, 6.07) is 11.5. The van der Waals surface area contributed by atoms with Gasteiger partial charge >= 0.3 is 5.97 Å². The Morgan fingerprint density at radius 2 is 1.75 bits per heavy atom. The van der Waals surface area contributed by atoms with Crippen molar-refractivity contribution >= 4 is 29.2 Å². The molecule has 0 saturated carbocycles. The lowest BCUT2D eigenvalue weighted by atomic mass is 10.2. The second-order valence-corrected chi connectivity index (χ2v) is 5.11. The lowest BCUT2D eigenvalue weighted by Gasteiger charge is -2.11. The van der Waals surface area contributed by atoms with Gasteiger partial charge in [-0.1, -0.05) is 23.7 Å². The maximum atomic E-state index is 12.1. The van der Waals surface area contributed by atoms with Crippen molar-refractivity contribution in [2.45, 2.75) is 0 Å². The molecule has 0 aliphatic heterocycles. The Bertz CT molecular complexity index is 748. The number of carbonyl (C=O) groups is 2. The maximum absolute atomic E-state index is 12.1. The van der Waals surface area contributed by atoms with Gasteiger partial charge in [-0.3, -0.25) is 4.79 Å². The molecule has 0 spiro atoms. The molecule has 0 bridgehead atoms. The Hall–Kier alpha value is -2.73. The van der Waals surface area contributed by atoms with E-state index in [-0.39, 0.29) is 5.56 Å². The Balaban J connectivity index is 1.99. The molecule has 0 unspecified atom stereocenters. The molecule has 0 aliphatic rings. The third kappa shape index (κ3) is 4.39. The van der Waals surface area contributed by atoms with E-state index in [1.807, 2.05) is 0 Å².